The first-order chi connectivity index (χ1) is 13.7. The molecular formula is C18H26N4O5S2. The van der Waals surface area contributed by atoms with Gasteiger partial charge in [-0.05, 0) is 18.9 Å². The molecule has 2 heterocycles. The van der Waals surface area contributed by atoms with Gasteiger partial charge in [-0.3, -0.25) is 14.3 Å². The zero-order valence-corrected chi connectivity index (χ0v) is 18.0. The van der Waals surface area contributed by atoms with Crippen LogP contribution in [0.3, 0.4) is 0 Å². The zero-order valence-electron chi connectivity index (χ0n) is 16.4. The summed E-state index contributed by atoms with van der Waals surface area (Å²) in [5.74, 6) is -0.791. The van der Waals surface area contributed by atoms with Crippen LogP contribution in [0.2, 0.25) is 0 Å². The number of H-pyrrole nitrogens is 1. The van der Waals surface area contributed by atoms with E-state index >= 15 is 0 Å². The molecule has 0 spiro atoms. The number of amides is 1. The number of hydrogen-bond donors (Lipinski definition) is 4. The summed E-state index contributed by atoms with van der Waals surface area (Å²) in [6.45, 7) is 2.11. The fraction of sp³-hybridized carbons (Fsp3) is 0.500. The minimum Gasteiger partial charge on any atom is -0.503 e. The minimum atomic E-state index is -3.47. The highest BCUT2D eigenvalue weighted by atomic mass is 32.2. The fourth-order valence-corrected chi connectivity index (χ4v) is 4.37. The van der Waals surface area contributed by atoms with Gasteiger partial charge in [0.2, 0.25) is 10.0 Å². The Morgan fingerprint density at radius 2 is 2.10 bits per heavy atom. The number of anilines is 1. The standard InChI is InChI=1S/C18H26N4O5S2/c1-3-4-5-6-7-13(10-12-8-9-19-17(25)15(12)23)20-16(24)14-11-28-18(21-14)22-29(2,26)27/h8-9,11,13,23H,3-7,10H2,1-2H3,(H,19,25)(H,20,24)(H,21,22). The number of nitrogens with one attached hydrogen (secondary N) is 3. The molecule has 0 radical (unpaired) electrons. The molecule has 2 rings (SSSR count). The highest BCUT2D eigenvalue weighted by Gasteiger charge is 2.19. The number of pyridine rings is 1. The van der Waals surface area contributed by atoms with E-state index in [2.05, 4.69) is 26.9 Å². The fourth-order valence-electron chi connectivity index (χ4n) is 2.83. The van der Waals surface area contributed by atoms with Crippen molar-refractivity contribution in [1.29, 1.82) is 0 Å². The van der Waals surface area contributed by atoms with Gasteiger partial charge in [0, 0.05) is 23.2 Å². The summed E-state index contributed by atoms with van der Waals surface area (Å²) in [4.78, 5) is 30.6. The van der Waals surface area contributed by atoms with Gasteiger partial charge in [-0.15, -0.1) is 11.3 Å². The molecule has 11 heteroatoms. The lowest BCUT2D eigenvalue weighted by molar-refractivity contribution is 0.0929. The summed E-state index contributed by atoms with van der Waals surface area (Å²) in [5.41, 5.74) is -0.0170. The molecule has 160 valence electrons. The van der Waals surface area contributed by atoms with E-state index in [1.54, 1.807) is 6.07 Å². The van der Waals surface area contributed by atoms with Crippen LogP contribution in [0.4, 0.5) is 5.13 Å². The van der Waals surface area contributed by atoms with Gasteiger partial charge in [0.1, 0.15) is 5.69 Å². The van der Waals surface area contributed by atoms with Crippen molar-refractivity contribution < 1.29 is 18.3 Å². The maximum atomic E-state index is 12.6. The first-order valence-electron chi connectivity index (χ1n) is 9.33. The van der Waals surface area contributed by atoms with E-state index in [1.807, 2.05) is 0 Å². The van der Waals surface area contributed by atoms with E-state index in [0.29, 0.717) is 18.4 Å². The number of aromatic nitrogens is 2. The smallest absolute Gasteiger partial charge is 0.290 e. The molecule has 9 nitrogen and oxygen atoms in total. The molecular weight excluding hydrogens is 416 g/mol. The Bertz CT molecular complexity index is 984. The monoisotopic (exact) mass is 442 g/mol. The molecule has 1 amide bonds. The lowest BCUT2D eigenvalue weighted by atomic mass is 10.00. The predicted molar refractivity (Wildman–Crippen MR) is 113 cm³/mol. The Labute approximate surface area is 173 Å². The largest absolute Gasteiger partial charge is 0.503 e. The van der Waals surface area contributed by atoms with Gasteiger partial charge in [-0.2, -0.15) is 0 Å². The average Bonchev–Trinajstić information content (AvgIpc) is 3.09. The van der Waals surface area contributed by atoms with Crippen molar-refractivity contribution in [1.82, 2.24) is 15.3 Å². The van der Waals surface area contributed by atoms with E-state index in [0.717, 1.165) is 43.3 Å². The van der Waals surface area contributed by atoms with E-state index in [9.17, 15) is 23.1 Å². The first-order valence-corrected chi connectivity index (χ1v) is 12.1. The van der Waals surface area contributed by atoms with E-state index < -0.39 is 21.5 Å². The molecule has 1 atom stereocenters. The highest BCUT2D eigenvalue weighted by Crippen LogP contribution is 2.19. The van der Waals surface area contributed by atoms with Crippen LogP contribution in [0.1, 0.15) is 55.1 Å². The molecule has 2 aromatic heterocycles. The Hall–Kier alpha value is -2.40. The number of carbonyl (C=O) groups excluding carboxylic acids is 1. The third-order valence-electron chi connectivity index (χ3n) is 4.24. The second-order valence-corrected chi connectivity index (χ2v) is 9.42. The van der Waals surface area contributed by atoms with Crippen LogP contribution in [-0.2, 0) is 16.4 Å². The van der Waals surface area contributed by atoms with Gasteiger partial charge >= 0.3 is 0 Å². The summed E-state index contributed by atoms with van der Waals surface area (Å²) in [7, 11) is -3.47. The normalized spacial score (nSPS) is 12.5. The summed E-state index contributed by atoms with van der Waals surface area (Å²) < 4.78 is 24.8. The van der Waals surface area contributed by atoms with Crippen molar-refractivity contribution in [2.75, 3.05) is 11.0 Å². The van der Waals surface area contributed by atoms with Crippen LogP contribution in [0.5, 0.6) is 5.75 Å². The van der Waals surface area contributed by atoms with Crippen LogP contribution in [-0.4, -0.2) is 41.7 Å². The van der Waals surface area contributed by atoms with Crippen molar-refractivity contribution in [3.8, 4) is 5.75 Å². The van der Waals surface area contributed by atoms with Crippen molar-refractivity contribution in [3.05, 3.63) is 39.3 Å². The van der Waals surface area contributed by atoms with Crippen LogP contribution in [0.25, 0.3) is 0 Å². The molecule has 0 aliphatic rings. The lowest BCUT2D eigenvalue weighted by Gasteiger charge is -2.19. The van der Waals surface area contributed by atoms with Crippen molar-refractivity contribution in [2.45, 2.75) is 51.5 Å². The third-order valence-corrected chi connectivity index (χ3v) is 5.69. The van der Waals surface area contributed by atoms with E-state index in [-0.39, 0.29) is 22.6 Å². The second-order valence-electron chi connectivity index (χ2n) is 6.82. The van der Waals surface area contributed by atoms with E-state index in [1.165, 1.54) is 11.6 Å². The number of aromatic amines is 1. The van der Waals surface area contributed by atoms with Crippen LogP contribution in [0.15, 0.2) is 22.4 Å². The molecule has 0 aromatic carbocycles. The molecule has 4 N–H and O–H groups in total. The summed E-state index contributed by atoms with van der Waals surface area (Å²) in [6.07, 6.45) is 7.52. The molecule has 0 aliphatic heterocycles. The summed E-state index contributed by atoms with van der Waals surface area (Å²) in [5, 5.41) is 14.5. The third kappa shape index (κ3) is 7.50. The molecule has 0 fully saturated rings. The topological polar surface area (TPSA) is 141 Å². The van der Waals surface area contributed by atoms with Gasteiger partial charge in [-0.1, -0.05) is 32.6 Å². The molecule has 29 heavy (non-hydrogen) atoms. The lowest BCUT2D eigenvalue weighted by Crippen LogP contribution is -2.37. The van der Waals surface area contributed by atoms with Gasteiger partial charge < -0.3 is 15.4 Å². The number of thiazole rings is 1. The minimum absolute atomic E-state index is 0.106. The summed E-state index contributed by atoms with van der Waals surface area (Å²) >= 11 is 1.02. The van der Waals surface area contributed by atoms with Crippen molar-refractivity contribution in [3.63, 3.8) is 0 Å². The number of unbranched alkanes of at least 4 members (excludes halogenated alkanes) is 3. The zero-order chi connectivity index (χ0) is 21.4. The number of aromatic hydroxyl groups is 1. The van der Waals surface area contributed by atoms with Crippen molar-refractivity contribution >= 4 is 32.4 Å². The summed E-state index contributed by atoms with van der Waals surface area (Å²) in [6, 6.07) is 1.30. The maximum absolute atomic E-state index is 12.6. The Morgan fingerprint density at radius 1 is 1.34 bits per heavy atom. The van der Waals surface area contributed by atoms with Crippen molar-refractivity contribution in [2.24, 2.45) is 0 Å². The quantitative estimate of drug-likeness (QED) is 0.393. The molecule has 0 saturated carbocycles. The molecule has 0 saturated heterocycles. The van der Waals surface area contributed by atoms with Crippen LogP contribution < -0.4 is 15.6 Å². The Kier molecular flexibility index (Phi) is 8.21. The number of sulfonamides is 1. The number of rotatable bonds is 11. The molecule has 0 bridgehead atoms. The SMILES string of the molecule is CCCCCCC(Cc1cc[nH]c(=O)c1O)NC(=O)c1csc(NS(C)(=O)=O)n1. The predicted octanol–water partition coefficient (Wildman–Crippen LogP) is 2.22. The molecule has 1 unspecified atom stereocenters. The van der Waals surface area contributed by atoms with Gasteiger partial charge in [-0.25, -0.2) is 13.4 Å². The van der Waals surface area contributed by atoms with Gasteiger partial charge in [0.05, 0.1) is 6.26 Å². The molecule has 2 aromatic rings. The average molecular weight is 443 g/mol. The van der Waals surface area contributed by atoms with Gasteiger partial charge in [0.15, 0.2) is 10.9 Å². The molecule has 0 aliphatic carbocycles. The van der Waals surface area contributed by atoms with E-state index in [4.69, 9.17) is 0 Å². The number of nitrogens with zero attached hydrogens (tertiary/aromatic N) is 1. The number of carbonyl (C=O) groups is 1. The maximum Gasteiger partial charge on any atom is 0.290 e. The Balaban J connectivity index is 2.10. The second kappa shape index (κ2) is 10.4. The number of hydrogen-bond acceptors (Lipinski definition) is 7. The van der Waals surface area contributed by atoms with Crippen LogP contribution in [0, 0.1) is 0 Å². The Morgan fingerprint density at radius 3 is 2.79 bits per heavy atom. The van der Waals surface area contributed by atoms with Crippen LogP contribution >= 0.6 is 11.3 Å². The van der Waals surface area contributed by atoms with Gasteiger partial charge in [0.25, 0.3) is 11.5 Å². The highest BCUT2D eigenvalue weighted by molar-refractivity contribution is 7.92. The first kappa shape index (κ1) is 22.9.